The SMILES string of the molecule is Cc1ccc2c(=O)cc(-c3ccc(F)c(N)c3)oc2c1C. The molecular formula is C17H14FNO2. The van der Waals surface area contributed by atoms with E-state index in [9.17, 15) is 9.18 Å². The van der Waals surface area contributed by atoms with E-state index < -0.39 is 5.82 Å². The van der Waals surface area contributed by atoms with Gasteiger partial charge in [-0.3, -0.25) is 4.79 Å². The molecule has 0 atom stereocenters. The Balaban J connectivity index is 2.31. The number of hydrogen-bond acceptors (Lipinski definition) is 3. The zero-order valence-corrected chi connectivity index (χ0v) is 11.7. The van der Waals surface area contributed by atoms with E-state index in [4.69, 9.17) is 10.2 Å². The van der Waals surface area contributed by atoms with Gasteiger partial charge in [0, 0.05) is 11.6 Å². The predicted octanol–water partition coefficient (Wildman–Crippen LogP) is 3.80. The van der Waals surface area contributed by atoms with Crippen molar-refractivity contribution in [1.82, 2.24) is 0 Å². The van der Waals surface area contributed by atoms with Crippen LogP contribution in [0.5, 0.6) is 0 Å². The van der Waals surface area contributed by atoms with Gasteiger partial charge in [0.1, 0.15) is 17.2 Å². The fraction of sp³-hybridized carbons (Fsp3) is 0.118. The highest BCUT2D eigenvalue weighted by atomic mass is 19.1. The van der Waals surface area contributed by atoms with Gasteiger partial charge in [-0.15, -0.1) is 0 Å². The summed E-state index contributed by atoms with van der Waals surface area (Å²) in [5.74, 6) is -0.109. The molecule has 0 aliphatic carbocycles. The van der Waals surface area contributed by atoms with Crippen molar-refractivity contribution in [2.24, 2.45) is 0 Å². The average Bonchev–Trinajstić information content (AvgIpc) is 2.46. The van der Waals surface area contributed by atoms with Crippen LogP contribution in [0.3, 0.4) is 0 Å². The number of aryl methyl sites for hydroxylation is 2. The Hall–Kier alpha value is -2.62. The van der Waals surface area contributed by atoms with Crippen LogP contribution in [0.2, 0.25) is 0 Å². The molecule has 1 aromatic heterocycles. The number of anilines is 1. The molecule has 21 heavy (non-hydrogen) atoms. The number of hydrogen-bond donors (Lipinski definition) is 1. The van der Waals surface area contributed by atoms with Crippen LogP contribution in [0.15, 0.2) is 45.6 Å². The van der Waals surface area contributed by atoms with Crippen molar-refractivity contribution >= 4 is 16.7 Å². The van der Waals surface area contributed by atoms with Gasteiger partial charge < -0.3 is 10.2 Å². The third-order valence-corrected chi connectivity index (χ3v) is 3.70. The molecule has 3 aromatic rings. The molecule has 1 heterocycles. The first-order valence-electron chi connectivity index (χ1n) is 6.57. The van der Waals surface area contributed by atoms with Crippen molar-refractivity contribution in [3.05, 3.63) is 63.6 Å². The van der Waals surface area contributed by atoms with E-state index in [1.807, 2.05) is 19.9 Å². The molecule has 0 aliphatic rings. The van der Waals surface area contributed by atoms with Crippen LogP contribution >= 0.6 is 0 Å². The second-order valence-corrected chi connectivity index (χ2v) is 5.10. The van der Waals surface area contributed by atoms with Gasteiger partial charge in [0.15, 0.2) is 5.43 Å². The van der Waals surface area contributed by atoms with Crippen molar-refractivity contribution in [2.75, 3.05) is 5.73 Å². The molecule has 0 amide bonds. The van der Waals surface area contributed by atoms with Crippen molar-refractivity contribution in [2.45, 2.75) is 13.8 Å². The number of nitrogen functional groups attached to an aromatic ring is 1. The fourth-order valence-corrected chi connectivity index (χ4v) is 2.29. The molecule has 3 nitrogen and oxygen atoms in total. The molecule has 0 saturated carbocycles. The van der Waals surface area contributed by atoms with Crippen LogP contribution in [-0.4, -0.2) is 0 Å². The zero-order valence-electron chi connectivity index (χ0n) is 11.7. The second-order valence-electron chi connectivity index (χ2n) is 5.10. The van der Waals surface area contributed by atoms with Gasteiger partial charge in [-0.2, -0.15) is 0 Å². The number of halogens is 1. The van der Waals surface area contributed by atoms with Gasteiger partial charge in [0.25, 0.3) is 0 Å². The zero-order chi connectivity index (χ0) is 15.1. The number of fused-ring (bicyclic) bond motifs is 1. The van der Waals surface area contributed by atoms with Gasteiger partial charge in [-0.1, -0.05) is 6.07 Å². The van der Waals surface area contributed by atoms with Crippen molar-refractivity contribution in [1.29, 1.82) is 0 Å². The summed E-state index contributed by atoms with van der Waals surface area (Å²) in [6, 6.07) is 9.32. The summed E-state index contributed by atoms with van der Waals surface area (Å²) in [7, 11) is 0. The van der Waals surface area contributed by atoms with Crippen molar-refractivity contribution in [3.8, 4) is 11.3 Å². The van der Waals surface area contributed by atoms with Crippen LogP contribution < -0.4 is 11.2 Å². The van der Waals surface area contributed by atoms with Crippen LogP contribution in [-0.2, 0) is 0 Å². The molecule has 0 spiro atoms. The minimum atomic E-state index is -0.492. The summed E-state index contributed by atoms with van der Waals surface area (Å²) in [6.07, 6.45) is 0. The Morgan fingerprint density at radius 3 is 2.57 bits per heavy atom. The molecule has 0 fully saturated rings. The lowest BCUT2D eigenvalue weighted by Gasteiger charge is -2.08. The highest BCUT2D eigenvalue weighted by Crippen LogP contribution is 2.27. The van der Waals surface area contributed by atoms with Gasteiger partial charge in [0.2, 0.25) is 0 Å². The summed E-state index contributed by atoms with van der Waals surface area (Å²) in [6.45, 7) is 3.86. The standard InChI is InChI=1S/C17H14FNO2/c1-9-3-5-12-15(20)8-16(21-17(12)10(9)2)11-4-6-13(18)14(19)7-11/h3-8H,19H2,1-2H3. The fourth-order valence-electron chi connectivity index (χ4n) is 2.29. The van der Waals surface area contributed by atoms with E-state index >= 15 is 0 Å². The number of nitrogens with two attached hydrogens (primary N) is 1. The predicted molar refractivity (Wildman–Crippen MR) is 81.8 cm³/mol. The summed E-state index contributed by atoms with van der Waals surface area (Å²) in [4.78, 5) is 12.2. The van der Waals surface area contributed by atoms with Gasteiger partial charge in [-0.05, 0) is 49.2 Å². The Labute approximate surface area is 120 Å². The second kappa shape index (κ2) is 4.74. The summed E-state index contributed by atoms with van der Waals surface area (Å²) < 4.78 is 19.1. The van der Waals surface area contributed by atoms with Crippen molar-refractivity contribution < 1.29 is 8.81 Å². The third-order valence-electron chi connectivity index (χ3n) is 3.70. The number of benzene rings is 2. The smallest absolute Gasteiger partial charge is 0.193 e. The molecule has 0 aliphatic heterocycles. The maximum Gasteiger partial charge on any atom is 0.193 e. The molecule has 106 valence electrons. The number of rotatable bonds is 1. The Morgan fingerprint density at radius 2 is 1.86 bits per heavy atom. The van der Waals surface area contributed by atoms with Gasteiger partial charge in [-0.25, -0.2) is 4.39 Å². The molecule has 2 N–H and O–H groups in total. The topological polar surface area (TPSA) is 56.2 Å². The minimum Gasteiger partial charge on any atom is -0.456 e. The van der Waals surface area contributed by atoms with Crippen molar-refractivity contribution in [3.63, 3.8) is 0 Å². The van der Waals surface area contributed by atoms with Crippen LogP contribution in [0.4, 0.5) is 10.1 Å². The Kier molecular flexibility index (Phi) is 3.01. The maximum atomic E-state index is 13.2. The van der Waals surface area contributed by atoms with E-state index in [1.165, 1.54) is 18.2 Å². The molecular weight excluding hydrogens is 269 g/mol. The highest BCUT2D eigenvalue weighted by molar-refractivity contribution is 5.82. The van der Waals surface area contributed by atoms with E-state index in [0.29, 0.717) is 22.3 Å². The molecule has 0 radical (unpaired) electrons. The lowest BCUT2D eigenvalue weighted by atomic mass is 10.0. The van der Waals surface area contributed by atoms with Gasteiger partial charge in [0.05, 0.1) is 11.1 Å². The lowest BCUT2D eigenvalue weighted by molar-refractivity contribution is 0.614. The molecule has 4 heteroatoms. The summed E-state index contributed by atoms with van der Waals surface area (Å²) in [5.41, 5.74) is 8.56. The van der Waals surface area contributed by atoms with E-state index in [0.717, 1.165) is 11.1 Å². The first-order valence-corrected chi connectivity index (χ1v) is 6.57. The summed E-state index contributed by atoms with van der Waals surface area (Å²) >= 11 is 0. The average molecular weight is 283 g/mol. The Bertz CT molecular complexity index is 913. The first kappa shape index (κ1) is 13.4. The van der Waals surface area contributed by atoms with E-state index in [-0.39, 0.29) is 11.1 Å². The van der Waals surface area contributed by atoms with E-state index in [2.05, 4.69) is 0 Å². The highest BCUT2D eigenvalue weighted by Gasteiger charge is 2.11. The normalized spacial score (nSPS) is 11.0. The molecule has 3 rings (SSSR count). The molecule has 2 aromatic carbocycles. The summed E-state index contributed by atoms with van der Waals surface area (Å²) in [5, 5.41) is 0.539. The Morgan fingerprint density at radius 1 is 1.10 bits per heavy atom. The molecule has 0 unspecified atom stereocenters. The van der Waals surface area contributed by atoms with E-state index in [1.54, 1.807) is 12.1 Å². The van der Waals surface area contributed by atoms with Gasteiger partial charge >= 0.3 is 0 Å². The largest absolute Gasteiger partial charge is 0.456 e. The molecule has 0 bridgehead atoms. The quantitative estimate of drug-likeness (QED) is 0.691. The van der Waals surface area contributed by atoms with Crippen LogP contribution in [0.1, 0.15) is 11.1 Å². The maximum absolute atomic E-state index is 13.2. The minimum absolute atomic E-state index is 0.0243. The lowest BCUT2D eigenvalue weighted by Crippen LogP contribution is -2.02. The van der Waals surface area contributed by atoms with Crippen LogP contribution in [0, 0.1) is 19.7 Å². The third kappa shape index (κ3) is 2.18. The first-order chi connectivity index (χ1) is 9.97. The monoisotopic (exact) mass is 283 g/mol. The van der Waals surface area contributed by atoms with Crippen LogP contribution in [0.25, 0.3) is 22.3 Å². The molecule has 0 saturated heterocycles.